The molecule has 0 aliphatic rings. The van der Waals surface area contributed by atoms with E-state index in [1.807, 2.05) is 30.3 Å². The molecule has 4 nitrogen and oxygen atoms in total. The van der Waals surface area contributed by atoms with Crippen LogP contribution in [0.3, 0.4) is 0 Å². The minimum absolute atomic E-state index is 0.251. The monoisotopic (exact) mass is 257 g/mol. The number of rotatable bonds is 4. The maximum Gasteiger partial charge on any atom is 0.411 e. The molecule has 18 heavy (non-hydrogen) atoms. The fourth-order valence-electron chi connectivity index (χ4n) is 1.34. The van der Waals surface area contributed by atoms with Gasteiger partial charge in [-0.1, -0.05) is 30.3 Å². The Morgan fingerprint density at radius 3 is 2.56 bits per heavy atom. The van der Waals surface area contributed by atoms with E-state index in [2.05, 4.69) is 19.9 Å². The van der Waals surface area contributed by atoms with Gasteiger partial charge < -0.3 is 4.74 Å². The van der Waals surface area contributed by atoms with Gasteiger partial charge in [-0.05, 0) is 0 Å². The number of ether oxygens (including phenoxy) is 1. The van der Waals surface area contributed by atoms with Crippen LogP contribution in [0.1, 0.15) is 5.82 Å². The molecule has 2 rings (SSSR count). The van der Waals surface area contributed by atoms with Gasteiger partial charge in [-0.3, -0.25) is 5.10 Å². The predicted molar refractivity (Wildman–Crippen MR) is 57.5 cm³/mol. The number of benzene rings is 1. The quantitative estimate of drug-likeness (QED) is 0.915. The molecule has 1 N–H and O–H groups in total. The molecular weight excluding hydrogens is 247 g/mol. The van der Waals surface area contributed by atoms with Gasteiger partial charge in [0.1, 0.15) is 13.2 Å². The molecule has 0 bridgehead atoms. The van der Waals surface area contributed by atoms with Crippen LogP contribution in [0.25, 0.3) is 11.4 Å². The first kappa shape index (κ1) is 12.6. The zero-order valence-electron chi connectivity index (χ0n) is 9.24. The summed E-state index contributed by atoms with van der Waals surface area (Å²) in [6, 6.07) is 9.12. The third kappa shape index (κ3) is 3.56. The lowest BCUT2D eigenvalue weighted by atomic mass is 10.2. The Labute approximate surface area is 101 Å². The molecule has 0 fully saturated rings. The number of hydrogen-bond donors (Lipinski definition) is 1. The van der Waals surface area contributed by atoms with Gasteiger partial charge in [-0.2, -0.15) is 18.3 Å². The zero-order valence-corrected chi connectivity index (χ0v) is 9.24. The number of alkyl halides is 3. The molecule has 0 atom stereocenters. The van der Waals surface area contributed by atoms with Crippen LogP contribution in [-0.4, -0.2) is 28.0 Å². The number of hydrogen-bond acceptors (Lipinski definition) is 3. The van der Waals surface area contributed by atoms with Crippen molar-refractivity contribution in [3.05, 3.63) is 36.2 Å². The standard InChI is InChI=1S/C11H10F3N3O/c12-11(13,14)7-18-6-9-15-10(17-16-9)8-4-2-1-3-5-8/h1-5H,6-7H2,(H,15,16,17). The molecule has 0 unspecified atom stereocenters. The second-order valence-electron chi connectivity index (χ2n) is 3.58. The number of aromatic amines is 1. The molecule has 7 heteroatoms. The zero-order chi connectivity index (χ0) is 13.0. The lowest BCUT2D eigenvalue weighted by Gasteiger charge is -2.05. The van der Waals surface area contributed by atoms with E-state index in [4.69, 9.17) is 0 Å². The largest absolute Gasteiger partial charge is 0.411 e. The topological polar surface area (TPSA) is 50.8 Å². The van der Waals surface area contributed by atoms with Crippen molar-refractivity contribution in [2.45, 2.75) is 12.8 Å². The van der Waals surface area contributed by atoms with E-state index in [1.54, 1.807) is 0 Å². The molecule has 1 heterocycles. The van der Waals surface area contributed by atoms with Crippen molar-refractivity contribution >= 4 is 0 Å². The van der Waals surface area contributed by atoms with Crippen LogP contribution >= 0.6 is 0 Å². The van der Waals surface area contributed by atoms with Gasteiger partial charge in [-0.25, -0.2) is 4.98 Å². The first-order chi connectivity index (χ1) is 8.54. The first-order valence-electron chi connectivity index (χ1n) is 5.16. The SMILES string of the molecule is FC(F)(F)COCc1nc(-c2ccccc2)n[nH]1. The molecule has 0 aliphatic carbocycles. The Morgan fingerprint density at radius 1 is 1.17 bits per heavy atom. The predicted octanol–water partition coefficient (Wildman–Crippen LogP) is 2.55. The summed E-state index contributed by atoms with van der Waals surface area (Å²) in [7, 11) is 0. The Kier molecular flexibility index (Phi) is 3.61. The van der Waals surface area contributed by atoms with Gasteiger partial charge in [0.05, 0.1) is 0 Å². The summed E-state index contributed by atoms with van der Waals surface area (Å²) in [4.78, 5) is 4.04. The Hall–Kier alpha value is -1.89. The summed E-state index contributed by atoms with van der Waals surface area (Å²) in [5.74, 6) is 0.694. The molecule has 2 aromatic rings. The highest BCUT2D eigenvalue weighted by Gasteiger charge is 2.27. The van der Waals surface area contributed by atoms with Crippen LogP contribution in [0.15, 0.2) is 30.3 Å². The molecule has 0 saturated heterocycles. The van der Waals surface area contributed by atoms with Crippen molar-refractivity contribution in [3.8, 4) is 11.4 Å². The second-order valence-corrected chi connectivity index (χ2v) is 3.58. The number of H-pyrrole nitrogens is 1. The van der Waals surface area contributed by atoms with Crippen molar-refractivity contribution in [2.24, 2.45) is 0 Å². The van der Waals surface area contributed by atoms with Crippen molar-refractivity contribution in [1.82, 2.24) is 15.2 Å². The van der Waals surface area contributed by atoms with Gasteiger partial charge in [0.15, 0.2) is 11.6 Å². The van der Waals surface area contributed by atoms with Crippen LogP contribution in [-0.2, 0) is 11.3 Å². The fraction of sp³-hybridized carbons (Fsp3) is 0.273. The second kappa shape index (κ2) is 5.18. The van der Waals surface area contributed by atoms with Crippen molar-refractivity contribution in [1.29, 1.82) is 0 Å². The number of aromatic nitrogens is 3. The van der Waals surface area contributed by atoms with Crippen LogP contribution < -0.4 is 0 Å². The van der Waals surface area contributed by atoms with E-state index in [0.717, 1.165) is 5.56 Å². The third-order valence-corrected chi connectivity index (χ3v) is 2.07. The minimum Gasteiger partial charge on any atom is -0.364 e. The smallest absolute Gasteiger partial charge is 0.364 e. The summed E-state index contributed by atoms with van der Waals surface area (Å²) in [5.41, 5.74) is 0.788. The number of nitrogens with one attached hydrogen (secondary N) is 1. The van der Waals surface area contributed by atoms with E-state index in [-0.39, 0.29) is 12.4 Å². The molecule has 0 spiro atoms. The highest BCUT2D eigenvalue weighted by atomic mass is 19.4. The highest BCUT2D eigenvalue weighted by Crippen LogP contribution is 2.16. The van der Waals surface area contributed by atoms with E-state index < -0.39 is 12.8 Å². The summed E-state index contributed by atoms with van der Waals surface area (Å²) >= 11 is 0. The van der Waals surface area contributed by atoms with E-state index in [9.17, 15) is 13.2 Å². The molecule has 0 saturated carbocycles. The average molecular weight is 257 g/mol. The fourth-order valence-corrected chi connectivity index (χ4v) is 1.34. The van der Waals surface area contributed by atoms with E-state index in [0.29, 0.717) is 5.82 Å². The molecule has 96 valence electrons. The summed E-state index contributed by atoms with van der Waals surface area (Å²) < 4.78 is 40.0. The van der Waals surface area contributed by atoms with Crippen LogP contribution in [0.4, 0.5) is 13.2 Å². The maximum atomic E-state index is 11.9. The molecule has 0 aliphatic heterocycles. The third-order valence-electron chi connectivity index (χ3n) is 2.07. The lowest BCUT2D eigenvalue weighted by molar-refractivity contribution is -0.177. The van der Waals surface area contributed by atoms with E-state index in [1.165, 1.54) is 0 Å². The Morgan fingerprint density at radius 2 is 1.89 bits per heavy atom. The normalized spacial score (nSPS) is 11.7. The van der Waals surface area contributed by atoms with Crippen LogP contribution in [0.2, 0.25) is 0 Å². The molecule has 0 radical (unpaired) electrons. The van der Waals surface area contributed by atoms with Gasteiger partial charge >= 0.3 is 6.18 Å². The molecular formula is C11H10F3N3O. The van der Waals surface area contributed by atoms with Gasteiger partial charge in [0.25, 0.3) is 0 Å². The Bertz CT molecular complexity index is 496. The van der Waals surface area contributed by atoms with Crippen molar-refractivity contribution in [2.75, 3.05) is 6.61 Å². The lowest BCUT2D eigenvalue weighted by Crippen LogP contribution is -2.16. The summed E-state index contributed by atoms with van der Waals surface area (Å²) in [6.45, 7) is -1.55. The van der Waals surface area contributed by atoms with Crippen molar-refractivity contribution in [3.63, 3.8) is 0 Å². The van der Waals surface area contributed by atoms with Crippen molar-refractivity contribution < 1.29 is 17.9 Å². The van der Waals surface area contributed by atoms with Gasteiger partial charge in [-0.15, -0.1) is 0 Å². The Balaban J connectivity index is 1.95. The van der Waals surface area contributed by atoms with Gasteiger partial charge in [0, 0.05) is 5.56 Å². The molecule has 0 amide bonds. The van der Waals surface area contributed by atoms with Crippen LogP contribution in [0, 0.1) is 0 Å². The first-order valence-corrected chi connectivity index (χ1v) is 5.16. The number of halogens is 3. The maximum absolute atomic E-state index is 11.9. The van der Waals surface area contributed by atoms with E-state index >= 15 is 0 Å². The minimum atomic E-state index is -4.33. The molecule has 1 aromatic heterocycles. The highest BCUT2D eigenvalue weighted by molar-refractivity contribution is 5.53. The van der Waals surface area contributed by atoms with Gasteiger partial charge in [0.2, 0.25) is 0 Å². The summed E-state index contributed by atoms with van der Waals surface area (Å²) in [5, 5.41) is 6.44. The van der Waals surface area contributed by atoms with Crippen LogP contribution in [0.5, 0.6) is 0 Å². The number of nitrogens with zero attached hydrogens (tertiary/aromatic N) is 2. The summed E-state index contributed by atoms with van der Waals surface area (Å²) in [6.07, 6.45) is -4.33. The molecule has 1 aromatic carbocycles. The average Bonchev–Trinajstić information content (AvgIpc) is 2.77.